The third-order valence-corrected chi connectivity index (χ3v) is 8.81. The van der Waals surface area contributed by atoms with Crippen molar-refractivity contribution in [2.45, 2.75) is 102 Å². The van der Waals surface area contributed by atoms with Gasteiger partial charge in [0.1, 0.15) is 12.2 Å². The molecule has 0 heterocycles. The van der Waals surface area contributed by atoms with Gasteiger partial charge in [0.15, 0.2) is 0 Å². The lowest BCUT2D eigenvalue weighted by atomic mass is 9.81. The van der Waals surface area contributed by atoms with Crippen LogP contribution in [0.25, 0.3) is 0 Å². The molecule has 5 aliphatic carbocycles. The van der Waals surface area contributed by atoms with Crippen LogP contribution in [0.4, 0.5) is 0 Å². The van der Waals surface area contributed by atoms with Crippen LogP contribution in [-0.2, 0) is 19.1 Å². The minimum atomic E-state index is -0.194. The molecule has 2 bridgehead atoms. The Morgan fingerprint density at radius 3 is 1.82 bits per heavy atom. The van der Waals surface area contributed by atoms with Crippen molar-refractivity contribution in [2.75, 3.05) is 0 Å². The molecule has 5 rings (SSSR count). The third kappa shape index (κ3) is 3.50. The summed E-state index contributed by atoms with van der Waals surface area (Å²) in [6, 6.07) is 0. The Morgan fingerprint density at radius 2 is 1.18 bits per heavy atom. The number of fused-ring (bicyclic) bond motifs is 5. The van der Waals surface area contributed by atoms with Gasteiger partial charge in [-0.3, -0.25) is 9.59 Å². The number of esters is 2. The number of carbonyl (C=O) groups is 2. The summed E-state index contributed by atoms with van der Waals surface area (Å²) >= 11 is 0. The van der Waals surface area contributed by atoms with Crippen molar-refractivity contribution in [3.8, 4) is 0 Å². The molecule has 6 unspecified atom stereocenters. The average molecular weight is 389 g/mol. The third-order valence-electron chi connectivity index (χ3n) is 8.81. The fourth-order valence-corrected chi connectivity index (χ4v) is 7.39. The van der Waals surface area contributed by atoms with Crippen molar-refractivity contribution in [2.24, 2.45) is 35.5 Å². The minimum absolute atomic E-state index is 0.00756. The van der Waals surface area contributed by atoms with Gasteiger partial charge in [0.05, 0.1) is 11.8 Å². The summed E-state index contributed by atoms with van der Waals surface area (Å²) in [7, 11) is 0. The zero-order valence-electron chi connectivity index (χ0n) is 17.2. The van der Waals surface area contributed by atoms with Crippen molar-refractivity contribution in [3.05, 3.63) is 0 Å². The highest BCUT2D eigenvalue weighted by Gasteiger charge is 2.59. The number of rotatable bonds is 4. The summed E-state index contributed by atoms with van der Waals surface area (Å²) in [5.74, 6) is 2.61. The zero-order chi connectivity index (χ0) is 19.1. The number of ether oxygens (including phenoxy) is 2. The van der Waals surface area contributed by atoms with Crippen LogP contribution in [-0.4, -0.2) is 24.1 Å². The lowest BCUT2D eigenvalue weighted by molar-refractivity contribution is -0.175. The smallest absolute Gasteiger partial charge is 0.309 e. The summed E-state index contributed by atoms with van der Waals surface area (Å²) in [4.78, 5) is 25.7. The Bertz CT molecular complexity index is 589. The van der Waals surface area contributed by atoms with Crippen LogP contribution in [0.2, 0.25) is 0 Å². The van der Waals surface area contributed by atoms with E-state index < -0.39 is 0 Å². The molecule has 0 spiro atoms. The molecule has 0 radical (unpaired) electrons. The Kier molecular flexibility index (Phi) is 5.40. The van der Waals surface area contributed by atoms with E-state index >= 15 is 0 Å². The highest BCUT2D eigenvalue weighted by molar-refractivity contribution is 5.74. The van der Waals surface area contributed by atoms with E-state index in [0.29, 0.717) is 17.8 Å². The maximum absolute atomic E-state index is 12.9. The number of hydrogen-bond donors (Lipinski definition) is 0. The van der Waals surface area contributed by atoms with Crippen LogP contribution >= 0.6 is 0 Å². The van der Waals surface area contributed by atoms with Crippen LogP contribution < -0.4 is 0 Å². The monoisotopic (exact) mass is 388 g/mol. The summed E-state index contributed by atoms with van der Waals surface area (Å²) in [6.07, 6.45) is 15.4. The molecule has 5 fully saturated rings. The van der Waals surface area contributed by atoms with Gasteiger partial charge >= 0.3 is 11.9 Å². The highest BCUT2D eigenvalue weighted by atomic mass is 16.6. The Morgan fingerprint density at radius 1 is 0.607 bits per heavy atom. The molecule has 6 atom stereocenters. The van der Waals surface area contributed by atoms with Crippen LogP contribution in [0, 0.1) is 35.5 Å². The molecule has 0 N–H and O–H groups in total. The van der Waals surface area contributed by atoms with Crippen molar-refractivity contribution in [1.29, 1.82) is 0 Å². The minimum Gasteiger partial charge on any atom is -0.458 e. The summed E-state index contributed by atoms with van der Waals surface area (Å²) < 4.78 is 12.3. The lowest BCUT2D eigenvalue weighted by Gasteiger charge is -2.32. The predicted molar refractivity (Wildman–Crippen MR) is 105 cm³/mol. The van der Waals surface area contributed by atoms with E-state index in [9.17, 15) is 9.59 Å². The first-order valence-corrected chi connectivity index (χ1v) is 12.1. The van der Waals surface area contributed by atoms with Gasteiger partial charge in [0.2, 0.25) is 0 Å². The Hall–Kier alpha value is -1.06. The molecule has 156 valence electrons. The van der Waals surface area contributed by atoms with Crippen LogP contribution in [0.5, 0.6) is 0 Å². The molecule has 0 aromatic rings. The molecule has 28 heavy (non-hydrogen) atoms. The van der Waals surface area contributed by atoms with Crippen molar-refractivity contribution in [3.63, 3.8) is 0 Å². The first-order valence-electron chi connectivity index (χ1n) is 12.1. The molecule has 0 aliphatic heterocycles. The summed E-state index contributed by atoms with van der Waals surface area (Å²) in [5, 5.41) is 0. The predicted octanol–water partition coefficient (Wildman–Crippen LogP) is 5.04. The van der Waals surface area contributed by atoms with E-state index in [1.54, 1.807) is 0 Å². The molecule has 0 aromatic heterocycles. The second-order valence-corrected chi connectivity index (χ2v) is 10.4. The normalized spacial score (nSPS) is 41.0. The second kappa shape index (κ2) is 7.99. The SMILES string of the molecule is O=C(OC1CC2C3CCC(C3)C2C1OC(=O)C1CCCCC1)C1CCCCC1. The van der Waals surface area contributed by atoms with Crippen LogP contribution in [0.1, 0.15) is 89.9 Å². The fourth-order valence-electron chi connectivity index (χ4n) is 7.39. The first-order chi connectivity index (χ1) is 13.7. The quantitative estimate of drug-likeness (QED) is 0.633. The molecule has 0 aromatic carbocycles. The molecule has 4 heteroatoms. The fraction of sp³-hybridized carbons (Fsp3) is 0.917. The van der Waals surface area contributed by atoms with E-state index in [-0.39, 0.29) is 36.0 Å². The molecule has 5 saturated carbocycles. The topological polar surface area (TPSA) is 52.6 Å². The standard InChI is InChI=1S/C24H36O4/c25-23(15-7-3-1-4-8-15)27-20-14-19-17-11-12-18(13-17)21(19)22(20)28-24(26)16-9-5-2-6-10-16/h15-22H,1-14H2. The summed E-state index contributed by atoms with van der Waals surface area (Å²) in [5.41, 5.74) is 0. The Balaban J connectivity index is 1.28. The van der Waals surface area contributed by atoms with Crippen LogP contribution in [0.3, 0.4) is 0 Å². The van der Waals surface area contributed by atoms with Crippen molar-refractivity contribution < 1.29 is 19.1 Å². The molecular weight excluding hydrogens is 352 g/mol. The van der Waals surface area contributed by atoms with Gasteiger partial charge in [-0.15, -0.1) is 0 Å². The van der Waals surface area contributed by atoms with E-state index in [4.69, 9.17) is 9.47 Å². The van der Waals surface area contributed by atoms with Gasteiger partial charge in [-0.05, 0) is 69.1 Å². The van der Waals surface area contributed by atoms with Gasteiger partial charge in [-0.2, -0.15) is 0 Å². The van der Waals surface area contributed by atoms with Gasteiger partial charge in [-0.25, -0.2) is 0 Å². The van der Waals surface area contributed by atoms with Gasteiger partial charge in [0.25, 0.3) is 0 Å². The molecule has 0 saturated heterocycles. The molecule has 5 aliphatic rings. The van der Waals surface area contributed by atoms with Crippen LogP contribution in [0.15, 0.2) is 0 Å². The average Bonchev–Trinajstić information content (AvgIpc) is 3.43. The zero-order valence-corrected chi connectivity index (χ0v) is 17.2. The Labute approximate surface area is 169 Å². The van der Waals surface area contributed by atoms with Gasteiger partial charge in [-0.1, -0.05) is 38.5 Å². The maximum Gasteiger partial charge on any atom is 0.309 e. The van der Waals surface area contributed by atoms with E-state index in [1.807, 2.05) is 0 Å². The van der Waals surface area contributed by atoms with Crippen molar-refractivity contribution >= 4 is 11.9 Å². The number of carbonyl (C=O) groups excluding carboxylic acids is 2. The molecular formula is C24H36O4. The van der Waals surface area contributed by atoms with Gasteiger partial charge < -0.3 is 9.47 Å². The second-order valence-electron chi connectivity index (χ2n) is 10.4. The largest absolute Gasteiger partial charge is 0.458 e. The highest BCUT2D eigenvalue weighted by Crippen LogP contribution is 2.60. The van der Waals surface area contributed by atoms with E-state index in [0.717, 1.165) is 63.7 Å². The van der Waals surface area contributed by atoms with Crippen molar-refractivity contribution in [1.82, 2.24) is 0 Å². The van der Waals surface area contributed by atoms with E-state index in [2.05, 4.69) is 0 Å². The van der Waals surface area contributed by atoms with Gasteiger partial charge in [0, 0.05) is 5.92 Å². The first kappa shape index (κ1) is 18.9. The lowest BCUT2D eigenvalue weighted by Crippen LogP contribution is -2.39. The number of hydrogen-bond acceptors (Lipinski definition) is 4. The van der Waals surface area contributed by atoms with E-state index in [1.165, 1.54) is 32.1 Å². The molecule has 4 nitrogen and oxygen atoms in total. The maximum atomic E-state index is 12.9. The summed E-state index contributed by atoms with van der Waals surface area (Å²) in [6.45, 7) is 0. The molecule has 0 amide bonds.